The fraction of sp³-hybridized carbons (Fsp3) is 0.105. The van der Waals surface area contributed by atoms with Gasteiger partial charge in [-0.05, 0) is 86.7 Å². The van der Waals surface area contributed by atoms with E-state index >= 15 is 0 Å². The molecule has 1 spiro atoms. The summed E-state index contributed by atoms with van der Waals surface area (Å²) in [4.78, 5) is 15.2. The first-order chi connectivity index (χ1) is 30.2. The zero-order valence-corrected chi connectivity index (χ0v) is 33.7. The van der Waals surface area contributed by atoms with E-state index in [1.165, 1.54) is 76.6 Å². The molecule has 0 amide bonds. The van der Waals surface area contributed by atoms with Crippen LogP contribution in [0.15, 0.2) is 192 Å². The van der Waals surface area contributed by atoms with Crippen LogP contribution in [0.25, 0.3) is 101 Å². The molecule has 0 bridgehead atoms. The molecule has 1 saturated carbocycles. The monoisotopic (exact) mass is 783 g/mol. The number of fused-ring (bicyclic) bond motifs is 8. The van der Waals surface area contributed by atoms with Crippen molar-refractivity contribution in [3.8, 4) is 78.7 Å². The second-order valence-electron chi connectivity index (χ2n) is 16.6. The smallest absolute Gasteiger partial charge is 0.164 e. The molecule has 12 rings (SSSR count). The van der Waals surface area contributed by atoms with Gasteiger partial charge in [0, 0.05) is 32.9 Å². The summed E-state index contributed by atoms with van der Waals surface area (Å²) in [6.07, 6.45) is 6.41. The molecule has 4 nitrogen and oxygen atoms in total. The number of hydrogen-bond acceptors (Lipinski definition) is 4. The minimum atomic E-state index is 0.150. The van der Waals surface area contributed by atoms with Gasteiger partial charge in [-0.15, -0.1) is 0 Å². The number of benzene rings is 8. The minimum absolute atomic E-state index is 0.150. The van der Waals surface area contributed by atoms with Crippen LogP contribution in [-0.4, -0.2) is 15.0 Å². The lowest BCUT2D eigenvalue weighted by atomic mass is 9.68. The summed E-state index contributed by atoms with van der Waals surface area (Å²) in [6, 6.07) is 67.1. The second kappa shape index (κ2) is 14.4. The minimum Gasteiger partial charge on any atom is -0.456 e. The van der Waals surface area contributed by atoms with E-state index < -0.39 is 0 Å². The van der Waals surface area contributed by atoms with Crippen molar-refractivity contribution in [2.24, 2.45) is 0 Å². The topological polar surface area (TPSA) is 51.8 Å². The van der Waals surface area contributed by atoms with Crippen molar-refractivity contribution >= 4 is 21.9 Å². The van der Waals surface area contributed by atoms with E-state index in [2.05, 4.69) is 158 Å². The van der Waals surface area contributed by atoms with Gasteiger partial charge in [0.1, 0.15) is 11.2 Å². The highest BCUT2D eigenvalue weighted by Crippen LogP contribution is 2.57. The Balaban J connectivity index is 0.890. The van der Waals surface area contributed by atoms with E-state index in [1.807, 2.05) is 30.3 Å². The van der Waals surface area contributed by atoms with E-state index in [0.29, 0.717) is 17.5 Å². The zero-order chi connectivity index (χ0) is 40.3. The summed E-state index contributed by atoms with van der Waals surface area (Å²) in [6.45, 7) is 0. The van der Waals surface area contributed by atoms with Gasteiger partial charge in [-0.3, -0.25) is 0 Å². The number of nitrogens with zero attached hydrogens (tertiary/aromatic N) is 3. The molecule has 8 aromatic carbocycles. The highest BCUT2D eigenvalue weighted by molar-refractivity contribution is 6.05. The van der Waals surface area contributed by atoms with Crippen molar-refractivity contribution < 1.29 is 4.42 Å². The predicted octanol–water partition coefficient (Wildman–Crippen LogP) is 15.0. The van der Waals surface area contributed by atoms with Crippen LogP contribution in [0.5, 0.6) is 0 Å². The molecule has 0 atom stereocenters. The molecule has 2 aliphatic carbocycles. The van der Waals surface area contributed by atoms with E-state index in [9.17, 15) is 0 Å². The van der Waals surface area contributed by atoms with Crippen molar-refractivity contribution in [1.29, 1.82) is 0 Å². The molecule has 290 valence electrons. The van der Waals surface area contributed by atoms with Crippen LogP contribution in [0.1, 0.15) is 43.2 Å². The Labute approximate surface area is 355 Å². The first kappa shape index (κ1) is 35.5. The van der Waals surface area contributed by atoms with Gasteiger partial charge in [0.15, 0.2) is 17.5 Å². The molecule has 10 aromatic rings. The Morgan fingerprint density at radius 3 is 1.52 bits per heavy atom. The van der Waals surface area contributed by atoms with Crippen LogP contribution in [-0.2, 0) is 5.41 Å². The molecule has 4 heteroatoms. The summed E-state index contributed by atoms with van der Waals surface area (Å²) in [5.41, 5.74) is 17.6. The maximum Gasteiger partial charge on any atom is 0.164 e. The lowest BCUT2D eigenvalue weighted by Crippen LogP contribution is -2.27. The van der Waals surface area contributed by atoms with Gasteiger partial charge >= 0.3 is 0 Å². The average Bonchev–Trinajstić information content (AvgIpc) is 3.85. The van der Waals surface area contributed by atoms with Crippen molar-refractivity contribution in [1.82, 2.24) is 15.0 Å². The quantitative estimate of drug-likeness (QED) is 0.169. The van der Waals surface area contributed by atoms with Gasteiger partial charge < -0.3 is 4.42 Å². The third-order valence-electron chi connectivity index (χ3n) is 13.2. The van der Waals surface area contributed by atoms with Gasteiger partial charge in [0.2, 0.25) is 0 Å². The molecule has 2 heterocycles. The number of hydrogen-bond donors (Lipinski definition) is 0. The fourth-order valence-corrected chi connectivity index (χ4v) is 10.2. The third-order valence-corrected chi connectivity index (χ3v) is 13.2. The van der Waals surface area contributed by atoms with Crippen LogP contribution in [0.2, 0.25) is 0 Å². The molecule has 0 unspecified atom stereocenters. The maximum atomic E-state index is 6.27. The third kappa shape index (κ3) is 6.01. The lowest BCUT2D eigenvalue weighted by molar-refractivity contribution is 0.353. The van der Waals surface area contributed by atoms with E-state index in [4.69, 9.17) is 19.4 Å². The highest BCUT2D eigenvalue weighted by Gasteiger charge is 2.44. The van der Waals surface area contributed by atoms with Gasteiger partial charge in [-0.25, -0.2) is 15.0 Å². The van der Waals surface area contributed by atoms with E-state index in [-0.39, 0.29) is 5.41 Å². The Hall–Kier alpha value is -7.43. The van der Waals surface area contributed by atoms with Crippen molar-refractivity contribution in [2.45, 2.75) is 37.5 Å². The average molecular weight is 784 g/mol. The van der Waals surface area contributed by atoms with Gasteiger partial charge in [0.25, 0.3) is 0 Å². The summed E-state index contributed by atoms with van der Waals surface area (Å²) < 4.78 is 6.27. The summed E-state index contributed by atoms with van der Waals surface area (Å²) in [5.74, 6) is 1.83. The largest absolute Gasteiger partial charge is 0.456 e. The van der Waals surface area contributed by atoms with Gasteiger partial charge in [-0.2, -0.15) is 0 Å². The number of furan rings is 1. The molecule has 2 aromatic heterocycles. The zero-order valence-electron chi connectivity index (χ0n) is 33.7. The molecular formula is C57H41N3O. The van der Waals surface area contributed by atoms with Crippen molar-refractivity contribution in [2.75, 3.05) is 0 Å². The van der Waals surface area contributed by atoms with Crippen LogP contribution in [0.3, 0.4) is 0 Å². The van der Waals surface area contributed by atoms with Crippen molar-refractivity contribution in [3.05, 3.63) is 199 Å². The van der Waals surface area contributed by atoms with Crippen LogP contribution in [0, 0.1) is 0 Å². The summed E-state index contributed by atoms with van der Waals surface area (Å²) in [5, 5.41) is 2.16. The molecular weight excluding hydrogens is 743 g/mol. The maximum absolute atomic E-state index is 6.27. The first-order valence-corrected chi connectivity index (χ1v) is 21.5. The Kier molecular flexibility index (Phi) is 8.38. The summed E-state index contributed by atoms with van der Waals surface area (Å²) >= 11 is 0. The van der Waals surface area contributed by atoms with Gasteiger partial charge in [0.05, 0.1) is 0 Å². The number of aromatic nitrogens is 3. The molecule has 2 aliphatic rings. The lowest BCUT2D eigenvalue weighted by Gasteiger charge is -2.36. The van der Waals surface area contributed by atoms with E-state index in [1.54, 1.807) is 0 Å². The summed E-state index contributed by atoms with van der Waals surface area (Å²) in [7, 11) is 0. The van der Waals surface area contributed by atoms with Crippen LogP contribution < -0.4 is 0 Å². The normalized spacial score (nSPS) is 14.0. The Morgan fingerprint density at radius 1 is 0.344 bits per heavy atom. The SMILES string of the molecule is c1ccc(-c2ccc(-c3nc(-c4ccc(-c5ccc(-c6cccc7c6-c6ccccc6C76CCCCC6)cc5)cc4)nc(-c4ccc5c(c4)oc4ccccc45)n3)cc2)cc1. The van der Waals surface area contributed by atoms with Crippen molar-refractivity contribution in [3.63, 3.8) is 0 Å². The Morgan fingerprint density at radius 2 is 0.836 bits per heavy atom. The standard InChI is InChI=1S/C57H41N3O/c1-3-12-37(13-4-1)38-22-28-42(29-23-38)54-58-55(60-56(59-54)44-32-33-47-46-14-6-8-19-51(46)61-52(47)36-44)43-30-24-40(25-31-43)39-20-26-41(27-21-39)45-16-11-18-50-53(45)48-15-5-7-17-49(48)57(50)34-9-2-10-35-57/h1,3-8,11-33,36H,2,9-10,34-35H2. The highest BCUT2D eigenvalue weighted by atomic mass is 16.3. The first-order valence-electron chi connectivity index (χ1n) is 21.5. The predicted molar refractivity (Wildman–Crippen MR) is 249 cm³/mol. The molecule has 0 saturated heterocycles. The molecule has 0 N–H and O–H groups in total. The molecule has 1 fully saturated rings. The molecule has 0 radical (unpaired) electrons. The molecule has 61 heavy (non-hydrogen) atoms. The van der Waals surface area contributed by atoms with E-state index in [0.717, 1.165) is 49.8 Å². The van der Waals surface area contributed by atoms with Crippen LogP contribution >= 0.6 is 0 Å². The number of rotatable bonds is 6. The number of para-hydroxylation sites is 1. The molecule has 0 aliphatic heterocycles. The fourth-order valence-electron chi connectivity index (χ4n) is 10.2. The van der Waals surface area contributed by atoms with Gasteiger partial charge in [-0.1, -0.05) is 189 Å². The van der Waals surface area contributed by atoms with Crippen LogP contribution in [0.4, 0.5) is 0 Å². The second-order valence-corrected chi connectivity index (χ2v) is 16.6. The Bertz CT molecular complexity index is 3250.